The Morgan fingerprint density at radius 3 is 3.00 bits per heavy atom. The van der Waals surface area contributed by atoms with E-state index in [1.807, 2.05) is 26.2 Å². The van der Waals surface area contributed by atoms with Crippen LogP contribution in [-0.2, 0) is 0 Å². The van der Waals surface area contributed by atoms with E-state index in [9.17, 15) is 0 Å². The Hall–Kier alpha value is -1.88. The lowest BCUT2D eigenvalue weighted by Crippen LogP contribution is -2.28. The van der Waals surface area contributed by atoms with Gasteiger partial charge in [-0.3, -0.25) is 0 Å². The highest BCUT2D eigenvalue weighted by Gasteiger charge is 2.21. The number of aromatic nitrogens is 2. The minimum Gasteiger partial charge on any atom is -0.378 e. The van der Waals surface area contributed by atoms with E-state index in [1.54, 1.807) is 0 Å². The van der Waals surface area contributed by atoms with Crippen LogP contribution in [0.1, 0.15) is 24.6 Å². The van der Waals surface area contributed by atoms with Gasteiger partial charge in [0.05, 0.1) is 0 Å². The van der Waals surface area contributed by atoms with Gasteiger partial charge in [-0.2, -0.15) is 4.98 Å². The van der Waals surface area contributed by atoms with Gasteiger partial charge in [0.25, 0.3) is 5.89 Å². The van der Waals surface area contributed by atoms with E-state index in [0.29, 0.717) is 11.8 Å². The molecule has 1 N–H and O–H groups in total. The Balaban J connectivity index is 1.84. The quantitative estimate of drug-likeness (QED) is 0.929. The van der Waals surface area contributed by atoms with Crippen LogP contribution in [0.25, 0.3) is 11.5 Å². The second-order valence-electron chi connectivity index (χ2n) is 5.45. The molecule has 0 bridgehead atoms. The van der Waals surface area contributed by atoms with Gasteiger partial charge in [-0.1, -0.05) is 11.2 Å². The van der Waals surface area contributed by atoms with Crippen molar-refractivity contribution in [2.45, 2.75) is 18.8 Å². The highest BCUT2D eigenvalue weighted by Crippen LogP contribution is 2.26. The van der Waals surface area contributed by atoms with Crippen LogP contribution in [0.5, 0.6) is 0 Å². The summed E-state index contributed by atoms with van der Waals surface area (Å²) in [6.45, 7) is 2.03. The first-order chi connectivity index (χ1) is 9.74. The maximum absolute atomic E-state index is 5.43. The second-order valence-corrected chi connectivity index (χ2v) is 5.45. The molecular weight excluding hydrogens is 252 g/mol. The Bertz CT molecular complexity index is 573. The molecule has 20 heavy (non-hydrogen) atoms. The summed E-state index contributed by atoms with van der Waals surface area (Å²) in [7, 11) is 4.04. The smallest absolute Gasteiger partial charge is 0.258 e. The van der Waals surface area contributed by atoms with E-state index in [-0.39, 0.29) is 0 Å². The fourth-order valence-corrected chi connectivity index (χ4v) is 2.51. The molecule has 3 rings (SSSR count). The van der Waals surface area contributed by atoms with Crippen molar-refractivity contribution in [3.63, 3.8) is 0 Å². The van der Waals surface area contributed by atoms with Crippen molar-refractivity contribution in [3.05, 3.63) is 30.1 Å². The molecule has 1 unspecified atom stereocenters. The SMILES string of the molecule is CN(C)c1cccc(-c2nc(C3CCCNC3)no2)c1. The molecule has 1 aliphatic rings. The van der Waals surface area contributed by atoms with Crippen molar-refractivity contribution in [1.29, 1.82) is 0 Å². The molecule has 1 saturated heterocycles. The van der Waals surface area contributed by atoms with Crippen molar-refractivity contribution in [2.75, 3.05) is 32.1 Å². The lowest BCUT2D eigenvalue weighted by atomic mass is 9.99. The summed E-state index contributed by atoms with van der Waals surface area (Å²) in [5.74, 6) is 1.80. The predicted octanol–water partition coefficient (Wildman–Crippen LogP) is 2.27. The van der Waals surface area contributed by atoms with E-state index >= 15 is 0 Å². The molecule has 1 aliphatic heterocycles. The van der Waals surface area contributed by atoms with Crippen LogP contribution in [0.3, 0.4) is 0 Å². The van der Waals surface area contributed by atoms with Crippen molar-refractivity contribution < 1.29 is 4.52 Å². The van der Waals surface area contributed by atoms with Gasteiger partial charge in [-0.25, -0.2) is 0 Å². The van der Waals surface area contributed by atoms with Crippen molar-refractivity contribution in [2.24, 2.45) is 0 Å². The Kier molecular flexibility index (Phi) is 3.69. The third-order valence-corrected chi connectivity index (χ3v) is 3.71. The zero-order valence-corrected chi connectivity index (χ0v) is 12.0. The first-order valence-electron chi connectivity index (χ1n) is 7.06. The number of nitrogens with one attached hydrogen (secondary N) is 1. The van der Waals surface area contributed by atoms with Crippen LogP contribution in [0.15, 0.2) is 28.8 Å². The Morgan fingerprint density at radius 2 is 2.25 bits per heavy atom. The number of hydrogen-bond acceptors (Lipinski definition) is 5. The fraction of sp³-hybridized carbons (Fsp3) is 0.467. The summed E-state index contributed by atoms with van der Waals surface area (Å²) in [6.07, 6.45) is 2.30. The monoisotopic (exact) mass is 272 g/mol. The number of piperidine rings is 1. The molecule has 0 saturated carbocycles. The summed E-state index contributed by atoms with van der Waals surface area (Å²) in [6, 6.07) is 8.14. The molecule has 1 atom stereocenters. The topological polar surface area (TPSA) is 54.2 Å². The van der Waals surface area contributed by atoms with Crippen LogP contribution in [0, 0.1) is 0 Å². The van der Waals surface area contributed by atoms with E-state index in [0.717, 1.165) is 36.6 Å². The molecule has 0 spiro atoms. The van der Waals surface area contributed by atoms with E-state index in [4.69, 9.17) is 4.52 Å². The van der Waals surface area contributed by atoms with Crippen LogP contribution < -0.4 is 10.2 Å². The standard InChI is InChI=1S/C15H20N4O/c1-19(2)13-7-3-5-11(9-13)15-17-14(18-20-15)12-6-4-8-16-10-12/h3,5,7,9,12,16H,4,6,8,10H2,1-2H3. The van der Waals surface area contributed by atoms with Crippen molar-refractivity contribution in [1.82, 2.24) is 15.5 Å². The normalized spacial score (nSPS) is 19.0. The van der Waals surface area contributed by atoms with Gasteiger partial charge in [0, 0.05) is 37.8 Å². The molecule has 1 aromatic heterocycles. The molecular formula is C15H20N4O. The fourth-order valence-electron chi connectivity index (χ4n) is 2.51. The molecule has 1 fully saturated rings. The highest BCUT2D eigenvalue weighted by atomic mass is 16.5. The van der Waals surface area contributed by atoms with Gasteiger partial charge in [0.15, 0.2) is 5.82 Å². The molecule has 5 nitrogen and oxygen atoms in total. The predicted molar refractivity (Wildman–Crippen MR) is 78.9 cm³/mol. The number of hydrogen-bond donors (Lipinski definition) is 1. The summed E-state index contributed by atoms with van der Waals surface area (Å²) < 4.78 is 5.43. The summed E-state index contributed by atoms with van der Waals surface area (Å²) >= 11 is 0. The van der Waals surface area contributed by atoms with Crippen molar-refractivity contribution in [3.8, 4) is 11.5 Å². The average molecular weight is 272 g/mol. The zero-order chi connectivity index (χ0) is 13.9. The maximum atomic E-state index is 5.43. The average Bonchev–Trinajstić information content (AvgIpc) is 2.98. The zero-order valence-electron chi connectivity index (χ0n) is 12.0. The largest absolute Gasteiger partial charge is 0.378 e. The molecule has 0 aliphatic carbocycles. The number of nitrogens with zero attached hydrogens (tertiary/aromatic N) is 3. The van der Waals surface area contributed by atoms with Crippen molar-refractivity contribution >= 4 is 5.69 Å². The van der Waals surface area contributed by atoms with Gasteiger partial charge in [-0.15, -0.1) is 0 Å². The van der Waals surface area contributed by atoms with Crippen LogP contribution >= 0.6 is 0 Å². The molecule has 1 aromatic carbocycles. The third kappa shape index (κ3) is 2.67. The van der Waals surface area contributed by atoms with Crippen LogP contribution in [-0.4, -0.2) is 37.3 Å². The highest BCUT2D eigenvalue weighted by molar-refractivity contribution is 5.61. The van der Waals surface area contributed by atoms with E-state index in [2.05, 4.69) is 32.5 Å². The first-order valence-corrected chi connectivity index (χ1v) is 7.06. The van der Waals surface area contributed by atoms with Gasteiger partial charge in [0.1, 0.15) is 0 Å². The van der Waals surface area contributed by atoms with Gasteiger partial charge in [-0.05, 0) is 37.6 Å². The Morgan fingerprint density at radius 1 is 1.35 bits per heavy atom. The molecule has 106 valence electrons. The second kappa shape index (κ2) is 5.63. The van der Waals surface area contributed by atoms with Crippen LogP contribution in [0.4, 0.5) is 5.69 Å². The summed E-state index contributed by atoms with van der Waals surface area (Å²) in [5.41, 5.74) is 2.10. The summed E-state index contributed by atoms with van der Waals surface area (Å²) in [5, 5.41) is 7.53. The van der Waals surface area contributed by atoms with E-state index < -0.39 is 0 Å². The number of benzene rings is 1. The molecule has 5 heteroatoms. The lowest BCUT2D eigenvalue weighted by molar-refractivity contribution is 0.393. The number of rotatable bonds is 3. The molecule has 2 aromatic rings. The molecule has 0 amide bonds. The molecule has 0 radical (unpaired) electrons. The van der Waals surface area contributed by atoms with Gasteiger partial charge in [0.2, 0.25) is 0 Å². The van der Waals surface area contributed by atoms with Gasteiger partial charge < -0.3 is 14.7 Å². The number of anilines is 1. The minimum atomic E-state index is 0.373. The third-order valence-electron chi connectivity index (χ3n) is 3.71. The Labute approximate surface area is 119 Å². The van der Waals surface area contributed by atoms with Gasteiger partial charge >= 0.3 is 0 Å². The maximum Gasteiger partial charge on any atom is 0.258 e. The first kappa shape index (κ1) is 13.1. The lowest BCUT2D eigenvalue weighted by Gasteiger charge is -2.19. The minimum absolute atomic E-state index is 0.373. The van der Waals surface area contributed by atoms with Crippen LogP contribution in [0.2, 0.25) is 0 Å². The molecule has 2 heterocycles. The van der Waals surface area contributed by atoms with E-state index in [1.165, 1.54) is 6.42 Å². The summed E-state index contributed by atoms with van der Waals surface area (Å²) in [4.78, 5) is 6.63.